The zero-order valence-corrected chi connectivity index (χ0v) is 29.8. The first-order valence-electron chi connectivity index (χ1n) is 16.4. The summed E-state index contributed by atoms with van der Waals surface area (Å²) in [4.78, 5) is 6.87. The molecule has 0 aromatic carbocycles. The van der Waals surface area contributed by atoms with Crippen molar-refractivity contribution < 1.29 is 23.7 Å². The quantitative estimate of drug-likeness (QED) is 0.338. The molecular formula is C33H72FN3O4. The Balaban J connectivity index is 0. The van der Waals surface area contributed by atoms with E-state index in [-0.39, 0.29) is 18.2 Å². The topological polar surface area (TPSA) is 57.6 Å². The lowest BCUT2D eigenvalue weighted by Crippen LogP contribution is -2.42. The van der Waals surface area contributed by atoms with Crippen molar-refractivity contribution in [2.24, 2.45) is 0 Å². The van der Waals surface area contributed by atoms with Crippen molar-refractivity contribution in [1.29, 1.82) is 0 Å². The van der Waals surface area contributed by atoms with E-state index >= 15 is 0 Å². The highest BCUT2D eigenvalue weighted by Gasteiger charge is 2.36. The second-order valence-electron chi connectivity index (χ2n) is 12.3. The number of alkyl halides is 1. The predicted octanol–water partition coefficient (Wildman–Crippen LogP) is 6.27. The number of aliphatic hydroxyl groups is 1. The van der Waals surface area contributed by atoms with Gasteiger partial charge in [0.15, 0.2) is 0 Å². The van der Waals surface area contributed by atoms with Crippen molar-refractivity contribution in [3.8, 4) is 0 Å². The summed E-state index contributed by atoms with van der Waals surface area (Å²) in [5.41, 5.74) is 0. The largest absolute Gasteiger partial charge is 0.400 e. The minimum atomic E-state index is -0.723. The second kappa shape index (κ2) is 24.0. The Morgan fingerprint density at radius 1 is 0.561 bits per heavy atom. The van der Waals surface area contributed by atoms with Crippen molar-refractivity contribution >= 4 is 0 Å². The molecule has 0 aromatic rings. The van der Waals surface area contributed by atoms with Gasteiger partial charge in [-0.1, -0.05) is 13.8 Å². The van der Waals surface area contributed by atoms with E-state index < -0.39 is 6.17 Å². The van der Waals surface area contributed by atoms with Gasteiger partial charge in [0.1, 0.15) is 6.17 Å². The fraction of sp³-hybridized carbons (Fsp3) is 1.00. The molecule has 0 radical (unpaired) electrons. The average Bonchev–Trinajstić information content (AvgIpc) is 3.61. The molecule has 0 aliphatic carbocycles. The number of rotatable bonds is 9. The summed E-state index contributed by atoms with van der Waals surface area (Å²) in [6.07, 6.45) is 6.82. The molecule has 1 N–H and O–H groups in total. The van der Waals surface area contributed by atoms with Crippen LogP contribution in [0.4, 0.5) is 4.39 Å². The summed E-state index contributed by atoms with van der Waals surface area (Å²) < 4.78 is 30.5. The fourth-order valence-electron chi connectivity index (χ4n) is 6.18. The van der Waals surface area contributed by atoms with Crippen LogP contribution in [0.25, 0.3) is 0 Å². The molecule has 3 aliphatic heterocycles. The lowest BCUT2D eigenvalue weighted by atomic mass is 10.1. The van der Waals surface area contributed by atoms with E-state index in [2.05, 4.69) is 70.3 Å². The van der Waals surface area contributed by atoms with Gasteiger partial charge in [-0.2, -0.15) is 0 Å². The highest BCUT2D eigenvalue weighted by atomic mass is 19.1. The number of likely N-dealkylation sites (N-methyl/N-ethyl adjacent to an activating group) is 3. The minimum Gasteiger partial charge on any atom is -0.400 e. The van der Waals surface area contributed by atoms with Crippen molar-refractivity contribution in [3.63, 3.8) is 0 Å². The molecule has 0 saturated carbocycles. The summed E-state index contributed by atoms with van der Waals surface area (Å²) in [6, 6.07) is 1.24. The fourth-order valence-corrected chi connectivity index (χ4v) is 6.18. The normalized spacial score (nSPS) is 27.2. The van der Waals surface area contributed by atoms with Crippen LogP contribution >= 0.6 is 0 Å². The molecule has 0 aromatic heterocycles. The van der Waals surface area contributed by atoms with Gasteiger partial charge in [-0.25, -0.2) is 4.39 Å². The number of hydrogen-bond donors (Lipinski definition) is 1. The molecule has 0 spiro atoms. The highest BCUT2D eigenvalue weighted by Crippen LogP contribution is 2.24. The van der Waals surface area contributed by atoms with Crippen molar-refractivity contribution in [3.05, 3.63) is 0 Å². The van der Waals surface area contributed by atoms with Gasteiger partial charge >= 0.3 is 0 Å². The van der Waals surface area contributed by atoms with Gasteiger partial charge in [0.05, 0.1) is 42.7 Å². The summed E-state index contributed by atoms with van der Waals surface area (Å²) in [5, 5.41) is 7.00. The van der Waals surface area contributed by atoms with E-state index in [0.29, 0.717) is 42.9 Å². The van der Waals surface area contributed by atoms with Crippen LogP contribution in [0.15, 0.2) is 0 Å². The maximum atomic E-state index is 13.4. The third kappa shape index (κ3) is 17.5. The molecule has 3 saturated heterocycles. The number of ether oxygens (including phenoxy) is 3. The zero-order valence-electron chi connectivity index (χ0n) is 29.8. The first-order valence-corrected chi connectivity index (χ1v) is 16.4. The molecule has 0 bridgehead atoms. The van der Waals surface area contributed by atoms with Gasteiger partial charge in [-0.05, 0) is 129 Å². The van der Waals surface area contributed by atoms with E-state index in [1.807, 2.05) is 41.7 Å². The molecule has 3 rings (SSSR count). The van der Waals surface area contributed by atoms with Crippen LogP contribution in [0.2, 0.25) is 0 Å². The maximum Gasteiger partial charge on any atom is 0.119 e. The Morgan fingerprint density at radius 2 is 0.902 bits per heavy atom. The summed E-state index contributed by atoms with van der Waals surface area (Å²) >= 11 is 0. The van der Waals surface area contributed by atoms with E-state index in [0.717, 1.165) is 13.7 Å². The van der Waals surface area contributed by atoms with Crippen molar-refractivity contribution in [2.75, 3.05) is 47.9 Å². The Hall–Kier alpha value is -0.350. The smallest absolute Gasteiger partial charge is 0.119 e. The van der Waals surface area contributed by atoms with Gasteiger partial charge in [0.25, 0.3) is 0 Å². The molecule has 3 fully saturated rings. The van der Waals surface area contributed by atoms with Gasteiger partial charge in [0.2, 0.25) is 0 Å². The monoisotopic (exact) mass is 594 g/mol. The molecule has 3 heterocycles. The van der Waals surface area contributed by atoms with Crippen LogP contribution in [0, 0.1) is 0 Å². The third-order valence-electron chi connectivity index (χ3n) is 7.82. The molecule has 3 aliphatic rings. The number of aliphatic hydroxyl groups excluding tert-OH is 1. The van der Waals surface area contributed by atoms with Gasteiger partial charge in [-0.15, -0.1) is 0 Å². The molecule has 7 nitrogen and oxygen atoms in total. The first kappa shape index (κ1) is 42.8. The van der Waals surface area contributed by atoms with E-state index in [1.165, 1.54) is 38.8 Å². The van der Waals surface area contributed by atoms with Gasteiger partial charge in [-0.3, -0.25) is 4.90 Å². The second-order valence-corrected chi connectivity index (χ2v) is 12.3. The van der Waals surface area contributed by atoms with E-state index in [1.54, 1.807) is 0 Å². The van der Waals surface area contributed by atoms with Crippen molar-refractivity contribution in [2.45, 2.75) is 169 Å². The van der Waals surface area contributed by atoms with Crippen LogP contribution in [0.5, 0.6) is 0 Å². The molecule has 0 amide bonds. The number of halogens is 1. The van der Waals surface area contributed by atoms with Gasteiger partial charge in [0, 0.05) is 25.7 Å². The minimum absolute atomic E-state index is 0.0116. The Kier molecular flexibility index (Phi) is 25.1. The first-order chi connectivity index (χ1) is 19.2. The van der Waals surface area contributed by atoms with Crippen LogP contribution in [0.3, 0.4) is 0 Å². The Bertz CT molecular complexity index is 557. The highest BCUT2D eigenvalue weighted by molar-refractivity contribution is 4.89. The molecule has 41 heavy (non-hydrogen) atoms. The average molecular weight is 594 g/mol. The lowest BCUT2D eigenvalue weighted by Gasteiger charge is -2.28. The zero-order chi connectivity index (χ0) is 32.3. The van der Waals surface area contributed by atoms with E-state index in [4.69, 9.17) is 19.3 Å². The Labute approximate surface area is 255 Å². The van der Waals surface area contributed by atoms with Gasteiger partial charge < -0.3 is 29.1 Å². The molecular weight excluding hydrogens is 521 g/mol. The third-order valence-corrected chi connectivity index (χ3v) is 7.82. The molecule has 8 heteroatoms. The standard InChI is InChI=1S/C10H20FNO.2C10H21NO.C2H6.CH4O/c1-7(2)13-8(3)10-9(11)5-6-12(10)4;2*1-8(2)12-9(3)10-6-5-7-11(10)4;2*1-2/h7-10H,5-6H2,1-4H3;2*8-10H,5-7H2,1-4H3;1-2H3;2H,1H3/t8-,9?,10?;2*9-,10?;;/m000../s1. The lowest BCUT2D eigenvalue weighted by molar-refractivity contribution is -0.0339. The summed E-state index contributed by atoms with van der Waals surface area (Å²) in [7, 11) is 7.35. The van der Waals surface area contributed by atoms with E-state index in [9.17, 15) is 4.39 Å². The number of likely N-dealkylation sites (tertiary alicyclic amines) is 3. The summed E-state index contributed by atoms with van der Waals surface area (Å²) in [6.45, 7) is 26.0. The molecule has 7 atom stereocenters. The SMILES string of the molecule is CC.CC(C)O[C@@H](C)C1C(F)CCN1C.CC(C)O[C@@H](C)C1CCCN1C.CC(C)O[C@@H](C)C1CCCN1C.CO. The van der Waals surface area contributed by atoms with Crippen LogP contribution in [-0.4, -0.2) is 129 Å². The maximum absolute atomic E-state index is 13.4. The number of nitrogens with zero attached hydrogens (tertiary/aromatic N) is 3. The molecule has 250 valence electrons. The molecule has 4 unspecified atom stereocenters. The van der Waals surface area contributed by atoms with Crippen LogP contribution < -0.4 is 0 Å². The Morgan fingerprint density at radius 3 is 1.15 bits per heavy atom. The van der Waals surface area contributed by atoms with Crippen LogP contribution in [0.1, 0.15) is 108 Å². The van der Waals surface area contributed by atoms with Crippen LogP contribution in [-0.2, 0) is 14.2 Å². The summed E-state index contributed by atoms with van der Waals surface area (Å²) in [5.74, 6) is 0. The predicted molar refractivity (Wildman–Crippen MR) is 174 cm³/mol. The van der Waals surface area contributed by atoms with Crippen molar-refractivity contribution in [1.82, 2.24) is 14.7 Å². The number of hydrogen-bond acceptors (Lipinski definition) is 7.